The summed E-state index contributed by atoms with van der Waals surface area (Å²) in [5, 5.41) is 12.5. The van der Waals surface area contributed by atoms with Crippen LogP contribution in [0.5, 0.6) is 0 Å². The van der Waals surface area contributed by atoms with E-state index in [1.165, 1.54) is 0 Å². The number of halogens is 1. The van der Waals surface area contributed by atoms with Gasteiger partial charge in [-0.25, -0.2) is 0 Å². The lowest BCUT2D eigenvalue weighted by molar-refractivity contribution is -0.121. The third kappa shape index (κ3) is 8.00. The van der Waals surface area contributed by atoms with E-state index >= 15 is 0 Å². The second kappa shape index (κ2) is 10.4. The number of carbonyl (C=O) groups excluding carboxylic acids is 1. The van der Waals surface area contributed by atoms with E-state index in [-0.39, 0.29) is 23.1 Å². The van der Waals surface area contributed by atoms with E-state index in [4.69, 9.17) is 16.7 Å². The molecule has 118 valence electrons. The van der Waals surface area contributed by atoms with Gasteiger partial charge in [0.15, 0.2) is 0 Å². The van der Waals surface area contributed by atoms with Crippen LogP contribution in [0.4, 0.5) is 0 Å². The van der Waals surface area contributed by atoms with E-state index in [0.717, 1.165) is 12.0 Å². The summed E-state index contributed by atoms with van der Waals surface area (Å²) in [6, 6.07) is 7.61. The van der Waals surface area contributed by atoms with Gasteiger partial charge in [-0.15, -0.1) is 11.8 Å². The first-order valence-electron chi connectivity index (χ1n) is 6.90. The Morgan fingerprint density at radius 1 is 1.52 bits per heavy atom. The molecular formula is C15H22ClNO2S2. The van der Waals surface area contributed by atoms with Gasteiger partial charge in [-0.2, -0.15) is 12.6 Å². The van der Waals surface area contributed by atoms with Gasteiger partial charge in [0.25, 0.3) is 0 Å². The average Bonchev–Trinajstić information content (AvgIpc) is 2.43. The molecule has 0 radical (unpaired) electrons. The molecule has 0 saturated carbocycles. The van der Waals surface area contributed by atoms with E-state index in [1.807, 2.05) is 30.5 Å². The van der Waals surface area contributed by atoms with Gasteiger partial charge < -0.3 is 10.4 Å². The number of carbonyl (C=O) groups is 1. The quantitative estimate of drug-likeness (QED) is 0.475. The Morgan fingerprint density at radius 2 is 2.29 bits per heavy atom. The lowest BCUT2D eigenvalue weighted by atomic mass is 10.1. The van der Waals surface area contributed by atoms with E-state index in [0.29, 0.717) is 24.3 Å². The molecule has 0 spiro atoms. The van der Waals surface area contributed by atoms with Crippen LogP contribution in [-0.4, -0.2) is 34.5 Å². The van der Waals surface area contributed by atoms with Gasteiger partial charge in [-0.3, -0.25) is 4.79 Å². The summed E-state index contributed by atoms with van der Waals surface area (Å²) in [4.78, 5) is 12.0. The largest absolute Gasteiger partial charge is 0.396 e. The fourth-order valence-electron chi connectivity index (χ4n) is 1.99. The van der Waals surface area contributed by atoms with E-state index in [9.17, 15) is 4.79 Å². The molecule has 0 aromatic heterocycles. The number of thioether (sulfide) groups is 1. The summed E-state index contributed by atoms with van der Waals surface area (Å²) in [6.45, 7) is 0.150. The van der Waals surface area contributed by atoms with Crippen molar-refractivity contribution in [1.29, 1.82) is 0 Å². The third-order valence-corrected chi connectivity index (χ3v) is 4.54. The molecule has 6 heteroatoms. The highest BCUT2D eigenvalue weighted by Crippen LogP contribution is 2.16. The zero-order chi connectivity index (χ0) is 15.7. The Hall–Kier alpha value is -0.360. The van der Waals surface area contributed by atoms with Crippen LogP contribution in [0.3, 0.4) is 0 Å². The van der Waals surface area contributed by atoms with Gasteiger partial charge in [0.2, 0.25) is 5.91 Å². The van der Waals surface area contributed by atoms with Crippen LogP contribution in [0.2, 0.25) is 5.02 Å². The number of nitrogens with one attached hydrogen (secondary N) is 1. The lowest BCUT2D eigenvalue weighted by Crippen LogP contribution is -2.34. The zero-order valence-electron chi connectivity index (χ0n) is 12.1. The first kappa shape index (κ1) is 18.7. The second-order valence-corrected chi connectivity index (χ2v) is 7.06. The Labute approximate surface area is 141 Å². The molecule has 3 nitrogen and oxygen atoms in total. The first-order chi connectivity index (χ1) is 10.0. The molecule has 1 rings (SSSR count). The smallest absolute Gasteiger partial charge is 0.221 e. The third-order valence-electron chi connectivity index (χ3n) is 3.01. The molecule has 0 heterocycles. The van der Waals surface area contributed by atoms with Gasteiger partial charge in [0.05, 0.1) is 5.37 Å². The van der Waals surface area contributed by atoms with Crippen LogP contribution in [0, 0.1) is 0 Å². The minimum atomic E-state index is -0.0381. The zero-order valence-corrected chi connectivity index (χ0v) is 14.6. The Balaban J connectivity index is 2.39. The number of benzene rings is 1. The molecule has 1 aromatic rings. The number of amides is 1. The Morgan fingerprint density at radius 3 is 2.90 bits per heavy atom. The van der Waals surface area contributed by atoms with Gasteiger partial charge in [0.1, 0.15) is 0 Å². The normalized spacial score (nSPS) is 13.7. The molecule has 0 aliphatic heterocycles. The number of thiol groups is 1. The Bertz CT molecular complexity index is 445. The molecule has 2 N–H and O–H groups in total. The summed E-state index contributed by atoms with van der Waals surface area (Å²) in [5.74, 6) is -0.00526. The Kier molecular flexibility index (Phi) is 9.24. The predicted octanol–water partition coefficient (Wildman–Crippen LogP) is 3.15. The topological polar surface area (TPSA) is 49.3 Å². The highest BCUT2D eigenvalue weighted by atomic mass is 35.5. The minimum absolute atomic E-state index is 0.00526. The van der Waals surface area contributed by atoms with Crippen molar-refractivity contribution in [3.8, 4) is 0 Å². The van der Waals surface area contributed by atoms with Gasteiger partial charge in [-0.1, -0.05) is 23.7 Å². The summed E-state index contributed by atoms with van der Waals surface area (Å²) in [6.07, 6.45) is 4.49. The lowest BCUT2D eigenvalue weighted by Gasteiger charge is -2.17. The molecule has 0 aliphatic rings. The second-order valence-electron chi connectivity index (χ2n) is 4.85. The average molecular weight is 348 g/mol. The first-order valence-corrected chi connectivity index (χ1v) is 9.09. The van der Waals surface area contributed by atoms with E-state index < -0.39 is 0 Å². The summed E-state index contributed by atoms with van der Waals surface area (Å²) in [5.41, 5.74) is 1.08. The van der Waals surface area contributed by atoms with E-state index in [2.05, 4.69) is 17.9 Å². The monoisotopic (exact) mass is 347 g/mol. The van der Waals surface area contributed by atoms with Crippen molar-refractivity contribution in [3.63, 3.8) is 0 Å². The predicted molar refractivity (Wildman–Crippen MR) is 94.3 cm³/mol. The number of aliphatic hydroxyl groups is 1. The highest BCUT2D eigenvalue weighted by Gasteiger charge is 2.14. The van der Waals surface area contributed by atoms with Crippen molar-refractivity contribution in [2.75, 3.05) is 12.9 Å². The van der Waals surface area contributed by atoms with Gasteiger partial charge >= 0.3 is 0 Å². The number of hydrogen-bond acceptors (Lipinski definition) is 4. The molecule has 2 unspecified atom stereocenters. The highest BCUT2D eigenvalue weighted by molar-refractivity contribution is 7.99. The van der Waals surface area contributed by atoms with E-state index in [1.54, 1.807) is 11.8 Å². The number of hydrogen-bond donors (Lipinski definition) is 3. The fraction of sp³-hybridized carbons (Fsp3) is 0.533. The molecule has 0 saturated heterocycles. The minimum Gasteiger partial charge on any atom is -0.396 e. The number of rotatable bonds is 9. The number of aliphatic hydroxyl groups excluding tert-OH is 1. The fourth-order valence-corrected chi connectivity index (χ4v) is 3.23. The molecule has 0 fully saturated rings. The van der Waals surface area contributed by atoms with Crippen molar-refractivity contribution in [3.05, 3.63) is 34.9 Å². The van der Waals surface area contributed by atoms with Crippen molar-refractivity contribution >= 4 is 41.9 Å². The van der Waals surface area contributed by atoms with Crippen LogP contribution in [-0.2, 0) is 11.2 Å². The summed E-state index contributed by atoms with van der Waals surface area (Å²) in [7, 11) is 0. The molecular weight excluding hydrogens is 326 g/mol. The maximum absolute atomic E-state index is 12.0. The molecule has 1 aromatic carbocycles. The van der Waals surface area contributed by atoms with Crippen molar-refractivity contribution in [2.24, 2.45) is 0 Å². The molecule has 0 bridgehead atoms. The molecule has 2 atom stereocenters. The maximum Gasteiger partial charge on any atom is 0.221 e. The van der Waals surface area contributed by atoms with Crippen LogP contribution >= 0.6 is 36.0 Å². The SMILES string of the molecule is CSC(CCCO)NC(=O)CC(S)Cc1cccc(Cl)c1. The molecule has 21 heavy (non-hydrogen) atoms. The van der Waals surface area contributed by atoms with Crippen LogP contribution in [0.15, 0.2) is 24.3 Å². The van der Waals surface area contributed by atoms with Crippen LogP contribution < -0.4 is 5.32 Å². The van der Waals surface area contributed by atoms with Crippen LogP contribution in [0.1, 0.15) is 24.8 Å². The maximum atomic E-state index is 12.0. The van der Waals surface area contributed by atoms with Crippen molar-refractivity contribution in [1.82, 2.24) is 5.32 Å². The van der Waals surface area contributed by atoms with Crippen LogP contribution in [0.25, 0.3) is 0 Å². The molecule has 0 aliphatic carbocycles. The summed E-state index contributed by atoms with van der Waals surface area (Å²) < 4.78 is 0. The van der Waals surface area contributed by atoms with Gasteiger partial charge in [0, 0.05) is 23.3 Å². The standard InChI is InChI=1S/C15H22ClNO2S2/c1-21-15(6-3-7-18)17-14(19)10-13(20)9-11-4-2-5-12(16)8-11/h2,4-5,8,13,15,18,20H,3,6-7,9-10H2,1H3,(H,17,19). The van der Waals surface area contributed by atoms with Gasteiger partial charge in [-0.05, 0) is 43.2 Å². The summed E-state index contributed by atoms with van der Waals surface area (Å²) >= 11 is 12.0. The van der Waals surface area contributed by atoms with Crippen molar-refractivity contribution in [2.45, 2.75) is 36.3 Å². The van der Waals surface area contributed by atoms with Crippen molar-refractivity contribution < 1.29 is 9.90 Å². The molecule has 1 amide bonds.